The largest absolute Gasteiger partial charge is 0.418 e. The van der Waals surface area contributed by atoms with Crippen molar-refractivity contribution in [2.75, 3.05) is 36.4 Å². The van der Waals surface area contributed by atoms with Gasteiger partial charge in [0.2, 0.25) is 0 Å². The van der Waals surface area contributed by atoms with Crippen LogP contribution in [0.3, 0.4) is 0 Å². The first-order valence-electron chi connectivity index (χ1n) is 12.8. The van der Waals surface area contributed by atoms with Gasteiger partial charge < -0.3 is 10.2 Å². The number of anilines is 3. The molecule has 1 atom stereocenters. The average molecular weight is 578 g/mol. The summed E-state index contributed by atoms with van der Waals surface area (Å²) in [4.78, 5) is 20.4. The van der Waals surface area contributed by atoms with E-state index < -0.39 is 29.2 Å². The molecule has 0 saturated carbocycles. The van der Waals surface area contributed by atoms with E-state index in [0.717, 1.165) is 43.9 Å². The summed E-state index contributed by atoms with van der Waals surface area (Å²) in [5, 5.41) is 10.9. The summed E-state index contributed by atoms with van der Waals surface area (Å²) >= 11 is 0. The fourth-order valence-corrected chi connectivity index (χ4v) is 4.84. The van der Waals surface area contributed by atoms with Crippen molar-refractivity contribution < 1.29 is 26.3 Å². The van der Waals surface area contributed by atoms with Gasteiger partial charge in [0, 0.05) is 31.5 Å². The molecule has 0 bridgehead atoms. The molecule has 9 nitrogen and oxygen atoms in total. The maximum atomic E-state index is 14.2. The first-order valence-corrected chi connectivity index (χ1v) is 12.8. The predicted molar refractivity (Wildman–Crippen MR) is 139 cm³/mol. The molecule has 216 valence electrons. The number of alkyl halides is 6. The Bertz CT molecular complexity index is 1520. The van der Waals surface area contributed by atoms with E-state index in [0.29, 0.717) is 25.0 Å². The summed E-state index contributed by atoms with van der Waals surface area (Å²) in [6.45, 7) is 6.91. The van der Waals surface area contributed by atoms with Crippen LogP contribution < -0.4 is 10.2 Å². The molecule has 1 aliphatic heterocycles. The van der Waals surface area contributed by atoms with E-state index in [1.807, 2.05) is 13.8 Å². The van der Waals surface area contributed by atoms with Gasteiger partial charge in [0.15, 0.2) is 11.5 Å². The summed E-state index contributed by atoms with van der Waals surface area (Å²) in [5.41, 5.74) is -2.09. The predicted octanol–water partition coefficient (Wildman–Crippen LogP) is 5.58. The standard InChI is InChI=1S/C26H25F6N9/c1-3-40(4-2)16-8-10-41(14-16)21-11-17(26(30,31)32)22(39-38-21)19-13-35-23-18(7-9-33-24(23)37-19)36-20-6-5-15(12-34-20)25(27,28)29/h5-7,9,11-13,16H,3-4,8,10,14H2,1-2H3,(H,33,34,36,37). The van der Waals surface area contributed by atoms with Crippen molar-refractivity contribution >= 4 is 28.5 Å². The highest BCUT2D eigenvalue weighted by Crippen LogP contribution is 2.38. The van der Waals surface area contributed by atoms with Gasteiger partial charge in [-0.15, -0.1) is 10.2 Å². The van der Waals surface area contributed by atoms with E-state index in [1.54, 1.807) is 4.90 Å². The van der Waals surface area contributed by atoms with Gasteiger partial charge in [-0.1, -0.05) is 13.8 Å². The lowest BCUT2D eigenvalue weighted by atomic mass is 10.1. The van der Waals surface area contributed by atoms with Crippen molar-refractivity contribution in [2.24, 2.45) is 0 Å². The van der Waals surface area contributed by atoms with E-state index in [2.05, 4.69) is 40.3 Å². The molecule has 1 saturated heterocycles. The number of rotatable bonds is 7. The van der Waals surface area contributed by atoms with Crippen LogP contribution in [0.5, 0.6) is 0 Å². The second-order valence-electron chi connectivity index (χ2n) is 9.41. The van der Waals surface area contributed by atoms with Gasteiger partial charge in [-0.2, -0.15) is 26.3 Å². The molecule has 0 radical (unpaired) electrons. The number of halogens is 6. The van der Waals surface area contributed by atoms with Gasteiger partial charge in [-0.05, 0) is 43.8 Å². The molecule has 1 aliphatic rings. The number of fused-ring (bicyclic) bond motifs is 1. The van der Waals surface area contributed by atoms with Crippen LogP contribution in [0.15, 0.2) is 42.9 Å². The number of hydrogen-bond acceptors (Lipinski definition) is 9. The number of nitrogens with zero attached hydrogens (tertiary/aromatic N) is 8. The second-order valence-corrected chi connectivity index (χ2v) is 9.41. The van der Waals surface area contributed by atoms with E-state index in [4.69, 9.17) is 0 Å². The highest BCUT2D eigenvalue weighted by molar-refractivity contribution is 5.87. The normalized spacial score (nSPS) is 16.1. The fourth-order valence-electron chi connectivity index (χ4n) is 4.84. The maximum absolute atomic E-state index is 14.2. The van der Waals surface area contributed by atoms with Gasteiger partial charge in [-0.3, -0.25) is 4.90 Å². The van der Waals surface area contributed by atoms with Gasteiger partial charge in [-0.25, -0.2) is 19.9 Å². The summed E-state index contributed by atoms with van der Waals surface area (Å²) in [6.07, 6.45) is -5.31. The van der Waals surface area contributed by atoms with Crippen LogP contribution in [0, 0.1) is 0 Å². The Kier molecular flexibility index (Phi) is 7.64. The first-order chi connectivity index (χ1) is 19.5. The molecule has 0 aromatic carbocycles. The van der Waals surface area contributed by atoms with Gasteiger partial charge >= 0.3 is 12.4 Å². The first kappa shape index (κ1) is 28.4. The Balaban J connectivity index is 1.44. The number of hydrogen-bond donors (Lipinski definition) is 1. The van der Waals surface area contributed by atoms with E-state index >= 15 is 0 Å². The Morgan fingerprint density at radius 3 is 2.39 bits per heavy atom. The third kappa shape index (κ3) is 5.99. The molecule has 4 aromatic rings. The lowest BCUT2D eigenvalue weighted by molar-refractivity contribution is -0.138. The van der Waals surface area contributed by atoms with Crippen LogP contribution in [0.1, 0.15) is 31.4 Å². The summed E-state index contributed by atoms with van der Waals surface area (Å²) in [7, 11) is 0. The van der Waals surface area contributed by atoms with Crippen LogP contribution in [0.25, 0.3) is 22.6 Å². The van der Waals surface area contributed by atoms with E-state index in [1.165, 1.54) is 12.3 Å². The van der Waals surface area contributed by atoms with Crippen LogP contribution in [0.2, 0.25) is 0 Å². The van der Waals surface area contributed by atoms with Crippen molar-refractivity contribution in [3.05, 3.63) is 54.0 Å². The van der Waals surface area contributed by atoms with Gasteiger partial charge in [0.05, 0.1) is 23.0 Å². The van der Waals surface area contributed by atoms with Crippen LogP contribution in [-0.4, -0.2) is 67.3 Å². The molecule has 0 amide bonds. The SMILES string of the molecule is CCN(CC)C1CCN(c2cc(C(F)(F)F)c(-c3cnc4c(Nc5ccc(C(F)(F)F)cn5)ccnc4n3)nn2)C1. The molecule has 0 spiro atoms. The lowest BCUT2D eigenvalue weighted by Crippen LogP contribution is -2.37. The Hall–Kier alpha value is -4.14. The molecule has 0 aliphatic carbocycles. The molecule has 5 heterocycles. The zero-order valence-corrected chi connectivity index (χ0v) is 22.0. The molecule has 4 aromatic heterocycles. The minimum atomic E-state index is -4.74. The lowest BCUT2D eigenvalue weighted by Gasteiger charge is -2.26. The van der Waals surface area contributed by atoms with Crippen molar-refractivity contribution in [3.8, 4) is 11.4 Å². The molecular weight excluding hydrogens is 552 g/mol. The fraction of sp³-hybridized carbons (Fsp3) is 0.385. The van der Waals surface area contributed by atoms with Crippen molar-refractivity contribution in [2.45, 2.75) is 38.7 Å². The summed E-state index contributed by atoms with van der Waals surface area (Å²) in [6, 6.07) is 4.72. The molecule has 15 heteroatoms. The number of likely N-dealkylation sites (N-methyl/N-ethyl adjacent to an activating group) is 1. The van der Waals surface area contributed by atoms with Crippen molar-refractivity contribution in [3.63, 3.8) is 0 Å². The average Bonchev–Trinajstić information content (AvgIpc) is 3.43. The molecule has 1 fully saturated rings. The second kappa shape index (κ2) is 11.0. The summed E-state index contributed by atoms with van der Waals surface area (Å²) in [5.74, 6) is 0.237. The van der Waals surface area contributed by atoms with Crippen molar-refractivity contribution in [1.82, 2.24) is 35.0 Å². The van der Waals surface area contributed by atoms with E-state index in [-0.39, 0.29) is 34.5 Å². The minimum absolute atomic E-state index is 0.0000186. The third-order valence-electron chi connectivity index (χ3n) is 6.95. The Morgan fingerprint density at radius 2 is 1.73 bits per heavy atom. The highest BCUT2D eigenvalue weighted by atomic mass is 19.4. The number of pyridine rings is 2. The molecular formula is C26H25F6N9. The minimum Gasteiger partial charge on any atom is -0.353 e. The van der Waals surface area contributed by atoms with Crippen LogP contribution in [0.4, 0.5) is 43.7 Å². The Labute approximate surface area is 230 Å². The molecule has 1 N–H and O–H groups in total. The zero-order chi connectivity index (χ0) is 29.4. The van der Waals surface area contributed by atoms with Crippen LogP contribution >= 0.6 is 0 Å². The summed E-state index contributed by atoms with van der Waals surface area (Å²) < 4.78 is 81.1. The number of nitrogens with one attached hydrogen (secondary N) is 1. The van der Waals surface area contributed by atoms with Crippen molar-refractivity contribution in [1.29, 1.82) is 0 Å². The highest BCUT2D eigenvalue weighted by Gasteiger charge is 2.37. The molecule has 1 unspecified atom stereocenters. The quantitative estimate of drug-likeness (QED) is 0.283. The monoisotopic (exact) mass is 577 g/mol. The molecule has 5 rings (SSSR count). The Morgan fingerprint density at radius 1 is 0.951 bits per heavy atom. The molecule has 41 heavy (non-hydrogen) atoms. The maximum Gasteiger partial charge on any atom is 0.418 e. The van der Waals surface area contributed by atoms with Gasteiger partial charge in [0.1, 0.15) is 22.7 Å². The van der Waals surface area contributed by atoms with E-state index in [9.17, 15) is 26.3 Å². The topological polar surface area (TPSA) is 95.8 Å². The smallest absolute Gasteiger partial charge is 0.353 e. The van der Waals surface area contributed by atoms with Crippen LogP contribution in [-0.2, 0) is 12.4 Å². The zero-order valence-electron chi connectivity index (χ0n) is 22.0. The van der Waals surface area contributed by atoms with Gasteiger partial charge in [0.25, 0.3) is 0 Å². The third-order valence-corrected chi connectivity index (χ3v) is 6.95. The number of aromatic nitrogens is 6.